The van der Waals surface area contributed by atoms with Crippen LogP contribution < -0.4 is 21.9 Å². The molecule has 12 heteroatoms. The van der Waals surface area contributed by atoms with E-state index in [0.29, 0.717) is 0 Å². The topological polar surface area (TPSA) is 148 Å². The van der Waals surface area contributed by atoms with E-state index in [1.165, 1.54) is 17.5 Å². The van der Waals surface area contributed by atoms with Crippen molar-refractivity contribution in [2.75, 3.05) is 5.32 Å². The Kier molecular flexibility index (Phi) is 6.81. The molecule has 0 atom stereocenters. The number of allylic oxidation sites excluding steroid dienone is 1. The number of aromatic nitrogens is 1. The molecular weight excluding hydrogens is 462 g/mol. The molecule has 0 aliphatic carbocycles. The number of amides is 1. The molecule has 0 bridgehead atoms. The zero-order chi connectivity index (χ0) is 23.4. The van der Waals surface area contributed by atoms with E-state index in [4.69, 9.17) is 28.2 Å². The van der Waals surface area contributed by atoms with Crippen LogP contribution in [0.1, 0.15) is 20.8 Å². The number of rotatable bonds is 7. The summed E-state index contributed by atoms with van der Waals surface area (Å²) in [6.07, 6.45) is 3.04. The Labute approximate surface area is 188 Å². The van der Waals surface area contributed by atoms with Crippen LogP contribution in [0.3, 0.4) is 0 Å². The predicted octanol–water partition coefficient (Wildman–Crippen LogP) is 3.71. The summed E-state index contributed by atoms with van der Waals surface area (Å²) in [6.45, 7) is 0. The summed E-state index contributed by atoms with van der Waals surface area (Å²) in [5.74, 6) is -2.40. The normalized spacial score (nSPS) is 11.2. The largest absolute Gasteiger partial charge is 0.403 e. The molecule has 3 rings (SSSR count). The SMILES string of the molecule is N=C/C(=C\N)NC(=O)c1cc(C(=N)c2c(Nc3c(F)cccc3F)c(Cl)c[nH]c2=O)cs1. The molecule has 0 aliphatic heterocycles. The van der Waals surface area contributed by atoms with E-state index in [1.807, 2.05) is 0 Å². The molecule has 0 spiro atoms. The number of nitrogens with two attached hydrogens (primary N) is 1. The van der Waals surface area contributed by atoms with Gasteiger partial charge in [0.25, 0.3) is 11.5 Å². The van der Waals surface area contributed by atoms with E-state index in [-0.39, 0.29) is 38.1 Å². The number of hydrogen-bond donors (Lipinski definition) is 6. The quantitative estimate of drug-likeness (QED) is 0.288. The highest BCUT2D eigenvalue weighted by atomic mass is 35.5. The maximum atomic E-state index is 14.1. The minimum atomic E-state index is -0.914. The maximum absolute atomic E-state index is 14.1. The molecule has 8 nitrogen and oxygen atoms in total. The first-order valence-electron chi connectivity index (χ1n) is 8.80. The molecule has 7 N–H and O–H groups in total. The van der Waals surface area contributed by atoms with Crippen LogP contribution in [0.2, 0.25) is 5.02 Å². The first kappa shape index (κ1) is 22.8. The first-order valence-corrected chi connectivity index (χ1v) is 10.1. The highest BCUT2D eigenvalue weighted by Gasteiger charge is 2.22. The summed E-state index contributed by atoms with van der Waals surface area (Å²) >= 11 is 7.14. The Hall–Kier alpha value is -3.83. The number of para-hydroxylation sites is 1. The Morgan fingerprint density at radius 3 is 2.56 bits per heavy atom. The number of aromatic amines is 1. The summed E-state index contributed by atoms with van der Waals surface area (Å²) in [5, 5.41) is 21.9. The summed E-state index contributed by atoms with van der Waals surface area (Å²) in [5.41, 5.74) is 3.54. The summed E-state index contributed by atoms with van der Waals surface area (Å²) in [7, 11) is 0. The molecule has 2 aromatic heterocycles. The monoisotopic (exact) mass is 476 g/mol. The fourth-order valence-electron chi connectivity index (χ4n) is 2.66. The van der Waals surface area contributed by atoms with Crippen LogP contribution in [-0.2, 0) is 0 Å². The van der Waals surface area contributed by atoms with Crippen molar-refractivity contribution in [3.8, 4) is 0 Å². The van der Waals surface area contributed by atoms with Gasteiger partial charge in [-0.05, 0) is 18.2 Å². The highest BCUT2D eigenvalue weighted by molar-refractivity contribution is 7.12. The lowest BCUT2D eigenvalue weighted by molar-refractivity contribution is 0.0972. The number of nitrogens with one attached hydrogen (secondary N) is 5. The lowest BCUT2D eigenvalue weighted by atomic mass is 10.0. The molecule has 0 radical (unpaired) electrons. The number of carbonyl (C=O) groups is 1. The van der Waals surface area contributed by atoms with Gasteiger partial charge in [-0.3, -0.25) is 15.0 Å². The summed E-state index contributed by atoms with van der Waals surface area (Å²) in [6, 6.07) is 4.59. The number of benzene rings is 1. The van der Waals surface area contributed by atoms with Crippen molar-refractivity contribution in [1.29, 1.82) is 10.8 Å². The van der Waals surface area contributed by atoms with Crippen molar-refractivity contribution in [1.82, 2.24) is 10.3 Å². The fraction of sp³-hybridized carbons (Fsp3) is 0. The van der Waals surface area contributed by atoms with Gasteiger partial charge >= 0.3 is 0 Å². The third-order valence-corrected chi connectivity index (χ3v) is 5.44. The van der Waals surface area contributed by atoms with Crippen molar-refractivity contribution in [3.63, 3.8) is 0 Å². The minimum absolute atomic E-state index is 0.0738. The first-order chi connectivity index (χ1) is 15.3. The molecule has 32 heavy (non-hydrogen) atoms. The number of halogens is 3. The lowest BCUT2D eigenvalue weighted by Gasteiger charge is -2.14. The molecule has 1 amide bonds. The smallest absolute Gasteiger partial charge is 0.265 e. The second-order valence-electron chi connectivity index (χ2n) is 6.23. The van der Waals surface area contributed by atoms with Crippen LogP contribution in [0, 0.1) is 22.5 Å². The van der Waals surface area contributed by atoms with Crippen molar-refractivity contribution >= 4 is 52.1 Å². The molecule has 0 unspecified atom stereocenters. The van der Waals surface area contributed by atoms with Crippen molar-refractivity contribution in [2.24, 2.45) is 5.73 Å². The van der Waals surface area contributed by atoms with Crippen LogP contribution in [0.4, 0.5) is 20.2 Å². The number of anilines is 2. The second-order valence-corrected chi connectivity index (χ2v) is 7.55. The highest BCUT2D eigenvalue weighted by Crippen LogP contribution is 2.31. The van der Waals surface area contributed by atoms with E-state index in [0.717, 1.165) is 42.1 Å². The van der Waals surface area contributed by atoms with Crippen LogP contribution in [0.15, 0.2) is 52.5 Å². The van der Waals surface area contributed by atoms with Gasteiger partial charge in [-0.2, -0.15) is 0 Å². The van der Waals surface area contributed by atoms with E-state index in [2.05, 4.69) is 15.6 Å². The van der Waals surface area contributed by atoms with Crippen molar-refractivity contribution < 1.29 is 13.6 Å². The van der Waals surface area contributed by atoms with Gasteiger partial charge in [0.1, 0.15) is 17.3 Å². The molecule has 3 aromatic rings. The Balaban J connectivity index is 2.00. The van der Waals surface area contributed by atoms with Crippen LogP contribution in [0.5, 0.6) is 0 Å². The Bertz CT molecular complexity index is 1300. The number of thiophene rings is 1. The third-order valence-electron chi connectivity index (χ3n) is 4.21. The second kappa shape index (κ2) is 9.54. The zero-order valence-electron chi connectivity index (χ0n) is 16.1. The van der Waals surface area contributed by atoms with Crippen molar-refractivity contribution in [2.45, 2.75) is 0 Å². The van der Waals surface area contributed by atoms with Crippen molar-refractivity contribution in [3.05, 3.63) is 90.8 Å². The number of H-pyrrole nitrogens is 1. The fourth-order valence-corrected chi connectivity index (χ4v) is 3.65. The van der Waals surface area contributed by atoms with Gasteiger partial charge in [0.15, 0.2) is 0 Å². The third kappa shape index (κ3) is 4.58. The van der Waals surface area contributed by atoms with E-state index in [9.17, 15) is 18.4 Å². The molecule has 0 saturated heterocycles. The van der Waals surface area contributed by atoms with Crippen LogP contribution in [0.25, 0.3) is 0 Å². The molecule has 0 aliphatic rings. The zero-order valence-corrected chi connectivity index (χ0v) is 17.6. The van der Waals surface area contributed by atoms with E-state index >= 15 is 0 Å². The summed E-state index contributed by atoms with van der Waals surface area (Å²) in [4.78, 5) is 27.4. The molecule has 0 fully saturated rings. The minimum Gasteiger partial charge on any atom is -0.403 e. The Morgan fingerprint density at radius 2 is 1.94 bits per heavy atom. The number of pyridine rings is 1. The van der Waals surface area contributed by atoms with Crippen LogP contribution in [-0.4, -0.2) is 22.8 Å². The number of hydrogen-bond acceptors (Lipinski definition) is 7. The lowest BCUT2D eigenvalue weighted by Crippen LogP contribution is -2.23. The average Bonchev–Trinajstić information content (AvgIpc) is 3.27. The predicted molar refractivity (Wildman–Crippen MR) is 120 cm³/mol. The maximum Gasteiger partial charge on any atom is 0.265 e. The van der Waals surface area contributed by atoms with Gasteiger partial charge in [-0.15, -0.1) is 11.3 Å². The Morgan fingerprint density at radius 1 is 1.25 bits per heavy atom. The van der Waals surface area contributed by atoms with E-state index in [1.54, 1.807) is 0 Å². The molecule has 2 heterocycles. The van der Waals surface area contributed by atoms with Gasteiger partial charge in [-0.1, -0.05) is 17.7 Å². The van der Waals surface area contributed by atoms with Gasteiger partial charge in [0, 0.05) is 29.6 Å². The molecule has 1 aromatic carbocycles. The summed E-state index contributed by atoms with van der Waals surface area (Å²) < 4.78 is 28.2. The van der Waals surface area contributed by atoms with Gasteiger partial charge in [0.2, 0.25) is 0 Å². The average molecular weight is 477 g/mol. The van der Waals surface area contributed by atoms with E-state index < -0.39 is 28.8 Å². The van der Waals surface area contributed by atoms with Crippen LogP contribution >= 0.6 is 22.9 Å². The van der Waals surface area contributed by atoms with Gasteiger partial charge in [-0.25, -0.2) is 8.78 Å². The molecular formula is C20H15ClF2N6O2S. The standard InChI is InChI=1S/C20H15ClF2N6O2S/c21-11-7-27-20(31)15(17(11)29-18-12(22)2-1-3-13(18)23)16(26)9-4-14(32-8-9)19(30)28-10(5-24)6-25/h1-8,24,26H,25H2,(H,28,30)(H2,27,29,31)/b10-6+,24-5?,26-16?. The molecule has 0 saturated carbocycles. The van der Waals surface area contributed by atoms with Gasteiger partial charge < -0.3 is 26.8 Å². The van der Waals surface area contributed by atoms with Gasteiger partial charge in [0.05, 0.1) is 32.6 Å². The molecule has 164 valence electrons. The number of carbonyl (C=O) groups excluding carboxylic acids is 1.